The van der Waals surface area contributed by atoms with Gasteiger partial charge in [-0.05, 0) is 168 Å². The molecule has 1 fully saturated rings. The van der Waals surface area contributed by atoms with Gasteiger partial charge >= 0.3 is 0 Å². The molecule has 0 spiro atoms. The molecule has 0 aromatic heterocycles. The van der Waals surface area contributed by atoms with Crippen molar-refractivity contribution < 1.29 is 95.0 Å². The molecule has 4 aliphatic rings. The van der Waals surface area contributed by atoms with E-state index in [0.717, 1.165) is 68.2 Å². The Morgan fingerprint density at radius 3 is 1.27 bits per heavy atom. The second-order valence-corrected chi connectivity index (χ2v) is 27.8. The molecular formula is C86H118N4O20. The summed E-state index contributed by atoms with van der Waals surface area (Å²) in [5.41, 5.74) is 14.8. The summed E-state index contributed by atoms with van der Waals surface area (Å²) >= 11 is 0. The Bertz CT molecular complexity index is 3550. The minimum Gasteiger partial charge on any atom is -0.494 e. The number of hydrogen-bond acceptors (Lipinski definition) is 20. The number of nitrogens with one attached hydrogen (secondary N) is 3. The Morgan fingerprint density at radius 1 is 0.391 bits per heavy atom. The highest BCUT2D eigenvalue weighted by atomic mass is 16.6. The summed E-state index contributed by atoms with van der Waals surface area (Å²) in [5, 5.41) is 8.61. The van der Waals surface area contributed by atoms with Crippen LogP contribution in [0.1, 0.15) is 99.3 Å². The summed E-state index contributed by atoms with van der Waals surface area (Å²) in [6.07, 6.45) is 11.4. The van der Waals surface area contributed by atoms with Gasteiger partial charge in [0.15, 0.2) is 0 Å². The molecule has 1 saturated carbocycles. The molecule has 5 aromatic rings. The molecular weight excluding hydrogens is 1410 g/mol. The maximum atomic E-state index is 12.8. The second-order valence-electron chi connectivity index (χ2n) is 27.8. The maximum absolute atomic E-state index is 12.8. The zero-order valence-electron chi connectivity index (χ0n) is 64.8. The van der Waals surface area contributed by atoms with Crippen LogP contribution in [0.25, 0.3) is 44.5 Å². The van der Waals surface area contributed by atoms with Gasteiger partial charge in [-0.2, -0.15) is 0 Å². The van der Waals surface area contributed by atoms with Gasteiger partial charge in [0.1, 0.15) is 5.75 Å². The molecule has 1 atom stereocenters. The van der Waals surface area contributed by atoms with Gasteiger partial charge in [-0.25, -0.2) is 0 Å². The number of carbonyl (C=O) groups excluding carboxylic acids is 5. The Kier molecular flexibility index (Phi) is 39.8. The van der Waals surface area contributed by atoms with Gasteiger partial charge in [0.25, 0.3) is 11.8 Å². The Hall–Kier alpha value is -7.37. The van der Waals surface area contributed by atoms with Crippen molar-refractivity contribution in [2.45, 2.75) is 88.9 Å². The van der Waals surface area contributed by atoms with Gasteiger partial charge in [-0.15, -0.1) is 0 Å². The number of fused-ring (bicyclic) bond motifs is 6. The quantitative estimate of drug-likeness (QED) is 0.0237. The first-order valence-corrected chi connectivity index (χ1v) is 39.6. The fourth-order valence-corrected chi connectivity index (χ4v) is 14.3. The standard InChI is InChI=1S/C86H118N4O20/c1-96-37-39-98-34-7-29-86(30-8-35-99-41-42-101-45-46-103-49-50-105-53-54-107-57-58-109-60-59-108-56-55-106-52-51-104-48-47-102-44-43-100-40-38-97-2)79-63-70(18-23-77(79)78-24-19-71(64-80(78)86)69-17-22-76-73(61-69)62-72-9-3-4-10-75(72)76)67-15-20-74(21-16-67)110-36-6-5-31-87-81(91)25-26-82(92)88-32-33-89-85(95)68-13-11-66(12-14-68)65-90-83(93)27-28-84(90)94/h3-4,9-10,15-24,27-28,61,63-64,66,68H,5-8,11-14,25-26,29-60,62,65H2,1-2H3,(H,87,91)(H,88,92)(H,89,95). The van der Waals surface area contributed by atoms with Crippen LogP contribution < -0.4 is 20.7 Å². The van der Waals surface area contributed by atoms with Crippen LogP contribution in [-0.4, -0.2) is 253 Å². The summed E-state index contributed by atoms with van der Waals surface area (Å²) in [7, 11) is 3.34. The first kappa shape index (κ1) is 86.6. The summed E-state index contributed by atoms with van der Waals surface area (Å²) < 4.78 is 84.9. The van der Waals surface area contributed by atoms with E-state index in [1.165, 1.54) is 72.7 Å². The number of ether oxygens (including phenoxy) is 15. The van der Waals surface area contributed by atoms with E-state index >= 15 is 0 Å². The lowest BCUT2D eigenvalue weighted by Gasteiger charge is -2.33. The molecule has 9 rings (SSSR count). The van der Waals surface area contributed by atoms with Gasteiger partial charge in [-0.1, -0.05) is 78.9 Å². The normalized spacial score (nSPS) is 16.1. The number of benzene rings is 5. The molecule has 3 N–H and O–H groups in total. The third kappa shape index (κ3) is 29.3. The summed E-state index contributed by atoms with van der Waals surface area (Å²) in [6, 6.07) is 38.0. The van der Waals surface area contributed by atoms with Crippen LogP contribution >= 0.6 is 0 Å². The van der Waals surface area contributed by atoms with Crippen molar-refractivity contribution in [2.75, 3.05) is 219 Å². The van der Waals surface area contributed by atoms with E-state index in [0.29, 0.717) is 211 Å². The summed E-state index contributed by atoms with van der Waals surface area (Å²) in [4.78, 5) is 63.1. The third-order valence-electron chi connectivity index (χ3n) is 20.1. The number of amides is 5. The van der Waals surface area contributed by atoms with Crippen LogP contribution in [0.4, 0.5) is 0 Å². The molecule has 1 unspecified atom stereocenters. The first-order chi connectivity index (χ1) is 54.1. The zero-order chi connectivity index (χ0) is 76.9. The highest BCUT2D eigenvalue weighted by molar-refractivity contribution is 6.12. The van der Waals surface area contributed by atoms with E-state index in [9.17, 15) is 24.0 Å². The smallest absolute Gasteiger partial charge is 0.253 e. The number of nitrogens with zero attached hydrogens (tertiary/aromatic N) is 1. The van der Waals surface area contributed by atoms with Crippen LogP contribution in [0.15, 0.2) is 115 Å². The summed E-state index contributed by atoms with van der Waals surface area (Å²) in [6.45, 7) is 15.0. The Balaban J connectivity index is 0.660. The predicted molar refractivity (Wildman–Crippen MR) is 418 cm³/mol. The fraction of sp³-hybridized carbons (Fsp3) is 0.570. The van der Waals surface area contributed by atoms with E-state index in [-0.39, 0.29) is 72.7 Å². The number of imide groups is 1. The first-order valence-electron chi connectivity index (χ1n) is 39.6. The molecule has 0 saturated heterocycles. The van der Waals surface area contributed by atoms with Gasteiger partial charge < -0.3 is 87.0 Å². The molecule has 0 bridgehead atoms. The second kappa shape index (κ2) is 50.6. The molecule has 24 heteroatoms. The fourth-order valence-electron chi connectivity index (χ4n) is 14.3. The topological polar surface area (TPSA) is 263 Å². The largest absolute Gasteiger partial charge is 0.494 e. The minimum atomic E-state index is -0.341. The number of carbonyl (C=O) groups is 5. The molecule has 1 heterocycles. The van der Waals surface area contributed by atoms with Crippen LogP contribution in [0, 0.1) is 11.8 Å². The molecule has 3 aliphatic carbocycles. The average molecular weight is 1530 g/mol. The SMILES string of the molecule is COCCOCCCC1(CCCOCCOCCOCCOCCOCCOCCOCCOCCOCCOCCOCCOC)c2cc(-c3ccc(OCCCCNC(=O)CCC(=O)NCCNC(=O)C4CCC(CN5C(=O)C=CC5=O)CC4)cc3)ccc2-c2ccc(-c3ccc4c(c3)Cc3ccccc3-4)cc21. The van der Waals surface area contributed by atoms with Crippen molar-refractivity contribution in [2.24, 2.45) is 11.8 Å². The van der Waals surface area contributed by atoms with E-state index in [2.05, 4.69) is 107 Å². The Morgan fingerprint density at radius 2 is 0.791 bits per heavy atom. The van der Waals surface area contributed by atoms with Crippen LogP contribution in [0.3, 0.4) is 0 Å². The molecule has 5 aromatic carbocycles. The minimum absolute atomic E-state index is 0.0461. The highest BCUT2D eigenvalue weighted by Gasteiger charge is 2.43. The van der Waals surface area contributed by atoms with Gasteiger partial charge in [0, 0.05) is 89.9 Å². The Labute approximate surface area is 649 Å². The lowest BCUT2D eigenvalue weighted by molar-refractivity contribution is -0.138. The van der Waals surface area contributed by atoms with E-state index in [1.54, 1.807) is 14.2 Å². The van der Waals surface area contributed by atoms with Crippen molar-refractivity contribution in [1.29, 1.82) is 0 Å². The molecule has 110 heavy (non-hydrogen) atoms. The van der Waals surface area contributed by atoms with Crippen LogP contribution in [0.2, 0.25) is 0 Å². The highest BCUT2D eigenvalue weighted by Crippen LogP contribution is 2.56. The van der Waals surface area contributed by atoms with E-state index < -0.39 is 0 Å². The molecule has 5 amide bonds. The molecule has 1 aliphatic heterocycles. The van der Waals surface area contributed by atoms with E-state index in [1.807, 2.05) is 12.1 Å². The lowest BCUT2D eigenvalue weighted by atomic mass is 9.70. The summed E-state index contributed by atoms with van der Waals surface area (Å²) in [5.74, 6) is -0.263. The molecule has 24 nitrogen and oxygen atoms in total. The van der Waals surface area contributed by atoms with Gasteiger partial charge in [0.05, 0.1) is 165 Å². The molecule has 602 valence electrons. The van der Waals surface area contributed by atoms with Crippen molar-refractivity contribution >= 4 is 29.5 Å². The van der Waals surface area contributed by atoms with Crippen molar-refractivity contribution in [3.8, 4) is 50.3 Å². The zero-order valence-corrected chi connectivity index (χ0v) is 64.8. The van der Waals surface area contributed by atoms with Gasteiger partial charge in [-0.3, -0.25) is 28.9 Å². The number of methoxy groups -OCH3 is 2. The van der Waals surface area contributed by atoms with E-state index in [4.69, 9.17) is 71.1 Å². The number of unbranched alkanes of at least 4 members (excludes halogenated alkanes) is 1. The van der Waals surface area contributed by atoms with Crippen molar-refractivity contribution in [1.82, 2.24) is 20.9 Å². The third-order valence-corrected chi connectivity index (χ3v) is 20.1. The lowest BCUT2D eigenvalue weighted by Crippen LogP contribution is -2.40. The maximum Gasteiger partial charge on any atom is 0.253 e. The van der Waals surface area contributed by atoms with Crippen molar-refractivity contribution in [3.05, 3.63) is 138 Å². The van der Waals surface area contributed by atoms with Crippen LogP contribution in [0.5, 0.6) is 5.75 Å². The van der Waals surface area contributed by atoms with Gasteiger partial charge in [0.2, 0.25) is 17.7 Å². The van der Waals surface area contributed by atoms with Crippen LogP contribution in [-0.2, 0) is 102 Å². The number of rotatable bonds is 61. The average Bonchev–Trinajstić information content (AvgIpc) is 1.56. The predicted octanol–water partition coefficient (Wildman–Crippen LogP) is 9.93. The van der Waals surface area contributed by atoms with Crippen molar-refractivity contribution in [3.63, 3.8) is 0 Å². The number of hydrogen-bond donors (Lipinski definition) is 3. The monoisotopic (exact) mass is 1530 g/mol. The molecule has 0 radical (unpaired) electrons.